The zero-order valence-electron chi connectivity index (χ0n) is 23.8. The molecule has 212 valence electrons. The van der Waals surface area contributed by atoms with Crippen molar-refractivity contribution >= 4 is 17.8 Å². The highest BCUT2D eigenvalue weighted by Crippen LogP contribution is 2.46. The smallest absolute Gasteiger partial charge is 0.307 e. The predicted molar refractivity (Wildman–Crippen MR) is 142 cm³/mol. The maximum atomic E-state index is 13.3. The summed E-state index contributed by atoms with van der Waals surface area (Å²) < 4.78 is 17.4. The highest BCUT2D eigenvalue weighted by atomic mass is 16.7. The maximum absolute atomic E-state index is 13.3. The Labute approximate surface area is 223 Å². The zero-order chi connectivity index (χ0) is 27.1. The first kappa shape index (κ1) is 29.9. The van der Waals surface area contributed by atoms with Crippen molar-refractivity contribution in [2.75, 3.05) is 13.2 Å². The minimum absolute atomic E-state index is 0.0807. The molecule has 2 saturated carbocycles. The van der Waals surface area contributed by atoms with E-state index in [1.165, 1.54) is 19.3 Å². The van der Waals surface area contributed by atoms with Gasteiger partial charge in [-0.25, -0.2) is 0 Å². The van der Waals surface area contributed by atoms with Crippen molar-refractivity contribution in [1.82, 2.24) is 10.6 Å². The lowest BCUT2D eigenvalue weighted by molar-refractivity contribution is -0.304. The van der Waals surface area contributed by atoms with Gasteiger partial charge >= 0.3 is 5.97 Å². The van der Waals surface area contributed by atoms with Crippen LogP contribution < -0.4 is 10.6 Å². The molecule has 0 radical (unpaired) electrons. The average molecular weight is 523 g/mol. The van der Waals surface area contributed by atoms with E-state index in [2.05, 4.69) is 17.6 Å². The summed E-state index contributed by atoms with van der Waals surface area (Å²) in [5.74, 6) is -1.28. The number of ether oxygens (including phenoxy) is 3. The van der Waals surface area contributed by atoms with Crippen LogP contribution in [-0.4, -0.2) is 55.0 Å². The lowest BCUT2D eigenvalue weighted by atomic mass is 9.65. The van der Waals surface area contributed by atoms with E-state index in [0.717, 1.165) is 57.8 Å². The third kappa shape index (κ3) is 8.16. The van der Waals surface area contributed by atoms with E-state index in [4.69, 9.17) is 14.2 Å². The summed E-state index contributed by atoms with van der Waals surface area (Å²) in [6, 6.07) is -0.133. The number of carbonyl (C=O) groups is 3. The monoisotopic (exact) mass is 522 g/mol. The van der Waals surface area contributed by atoms with Gasteiger partial charge in [0.2, 0.25) is 11.8 Å². The Morgan fingerprint density at radius 3 is 2.38 bits per heavy atom. The van der Waals surface area contributed by atoms with Gasteiger partial charge in [-0.2, -0.15) is 0 Å². The van der Waals surface area contributed by atoms with Gasteiger partial charge in [-0.15, -0.1) is 0 Å². The summed E-state index contributed by atoms with van der Waals surface area (Å²) in [6.07, 6.45) is 11.4. The fraction of sp³-hybridized carbons (Fsp3) is 0.897. The number of esters is 1. The van der Waals surface area contributed by atoms with E-state index >= 15 is 0 Å². The van der Waals surface area contributed by atoms with Gasteiger partial charge in [0.15, 0.2) is 5.79 Å². The number of hydrogen-bond acceptors (Lipinski definition) is 6. The summed E-state index contributed by atoms with van der Waals surface area (Å²) in [6.45, 7) is 10.2. The van der Waals surface area contributed by atoms with E-state index in [1.807, 2.05) is 13.8 Å². The summed E-state index contributed by atoms with van der Waals surface area (Å²) in [5, 5.41) is 6.11. The minimum atomic E-state index is -0.829. The molecule has 37 heavy (non-hydrogen) atoms. The molecule has 0 spiro atoms. The van der Waals surface area contributed by atoms with Crippen molar-refractivity contribution in [2.45, 2.75) is 142 Å². The van der Waals surface area contributed by atoms with Crippen molar-refractivity contribution in [2.24, 2.45) is 10.8 Å². The molecule has 0 aromatic heterocycles. The van der Waals surface area contributed by atoms with E-state index in [0.29, 0.717) is 6.61 Å². The SMILES string of the molecule is CCCCCCC1(C(=O)N[C@H]2CCCC[C@@H]2OC(=O)CCNC(=O)C2OC(C)(C)OCC2(C)C)CCC1. The second kappa shape index (κ2) is 12.9. The van der Waals surface area contributed by atoms with Crippen LogP contribution >= 0.6 is 0 Å². The van der Waals surface area contributed by atoms with Crippen molar-refractivity contribution in [3.63, 3.8) is 0 Å². The van der Waals surface area contributed by atoms with Gasteiger partial charge in [0, 0.05) is 17.4 Å². The predicted octanol–water partition coefficient (Wildman–Crippen LogP) is 4.78. The Kier molecular flexibility index (Phi) is 10.4. The average Bonchev–Trinajstić information content (AvgIpc) is 2.81. The Morgan fingerprint density at radius 2 is 1.70 bits per heavy atom. The maximum Gasteiger partial charge on any atom is 0.307 e. The molecule has 0 aromatic carbocycles. The van der Waals surface area contributed by atoms with E-state index in [1.54, 1.807) is 13.8 Å². The van der Waals surface area contributed by atoms with Gasteiger partial charge in [0.25, 0.3) is 0 Å². The molecule has 3 fully saturated rings. The summed E-state index contributed by atoms with van der Waals surface area (Å²) in [4.78, 5) is 38.7. The molecule has 3 aliphatic rings. The van der Waals surface area contributed by atoms with Crippen molar-refractivity contribution in [1.29, 1.82) is 0 Å². The van der Waals surface area contributed by atoms with Gasteiger partial charge in [0.05, 0.1) is 19.1 Å². The molecule has 2 N–H and O–H groups in total. The Morgan fingerprint density at radius 1 is 0.973 bits per heavy atom. The van der Waals surface area contributed by atoms with E-state index in [-0.39, 0.29) is 48.3 Å². The second-order valence-electron chi connectivity index (χ2n) is 12.6. The van der Waals surface area contributed by atoms with Crippen LogP contribution in [0.15, 0.2) is 0 Å². The quantitative estimate of drug-likeness (QED) is 0.282. The molecule has 1 heterocycles. The number of rotatable bonds is 12. The Balaban J connectivity index is 1.45. The Hall–Kier alpha value is -1.67. The lowest BCUT2D eigenvalue weighted by Crippen LogP contribution is -2.56. The highest BCUT2D eigenvalue weighted by molar-refractivity contribution is 5.84. The summed E-state index contributed by atoms with van der Waals surface area (Å²) in [7, 11) is 0. The summed E-state index contributed by atoms with van der Waals surface area (Å²) >= 11 is 0. The molecule has 3 atom stereocenters. The van der Waals surface area contributed by atoms with Crippen LogP contribution in [0.25, 0.3) is 0 Å². The first-order valence-corrected chi connectivity index (χ1v) is 14.6. The number of hydrogen-bond donors (Lipinski definition) is 2. The first-order chi connectivity index (χ1) is 17.5. The van der Waals surface area contributed by atoms with Crippen LogP contribution in [0.4, 0.5) is 0 Å². The van der Waals surface area contributed by atoms with Crippen LogP contribution in [-0.2, 0) is 28.6 Å². The molecule has 2 amide bonds. The van der Waals surface area contributed by atoms with Crippen LogP contribution in [0.3, 0.4) is 0 Å². The standard InChI is InChI=1S/C29H50N2O6/c1-6-7-8-11-16-29(17-12-18-29)26(34)31-21-13-9-10-14-22(21)36-23(32)15-19-30-25(33)24-27(2,3)20-35-28(4,5)37-24/h21-22,24H,6-20H2,1-5H3,(H,30,33)(H,31,34)/t21-,22-,24?/m0/s1. The lowest BCUT2D eigenvalue weighted by Gasteiger charge is -2.44. The third-order valence-corrected chi connectivity index (χ3v) is 8.37. The fourth-order valence-electron chi connectivity index (χ4n) is 5.74. The molecule has 8 nitrogen and oxygen atoms in total. The summed E-state index contributed by atoms with van der Waals surface area (Å²) in [5.41, 5.74) is -0.694. The Bertz CT molecular complexity index is 791. The molecule has 1 unspecified atom stereocenters. The second-order valence-corrected chi connectivity index (χ2v) is 12.6. The van der Waals surface area contributed by atoms with E-state index < -0.39 is 17.3 Å². The molecule has 0 bridgehead atoms. The van der Waals surface area contributed by atoms with Crippen LogP contribution in [0.1, 0.15) is 118 Å². The van der Waals surface area contributed by atoms with Crippen LogP contribution in [0.5, 0.6) is 0 Å². The molecular formula is C29H50N2O6. The minimum Gasteiger partial charge on any atom is -0.460 e. The largest absolute Gasteiger partial charge is 0.460 e. The number of nitrogens with one attached hydrogen (secondary N) is 2. The number of unbranched alkanes of at least 4 members (excludes halogenated alkanes) is 3. The van der Waals surface area contributed by atoms with Crippen molar-refractivity contribution in [3.8, 4) is 0 Å². The van der Waals surface area contributed by atoms with Gasteiger partial charge in [0.1, 0.15) is 12.2 Å². The highest BCUT2D eigenvalue weighted by Gasteiger charge is 2.46. The molecular weight excluding hydrogens is 472 g/mol. The molecule has 3 rings (SSSR count). The van der Waals surface area contributed by atoms with Gasteiger partial charge in [-0.3, -0.25) is 14.4 Å². The molecule has 2 aliphatic carbocycles. The number of carbonyl (C=O) groups excluding carboxylic acids is 3. The number of amides is 2. The first-order valence-electron chi connectivity index (χ1n) is 14.6. The van der Waals surface area contributed by atoms with Crippen molar-refractivity contribution < 1.29 is 28.6 Å². The molecule has 1 saturated heterocycles. The zero-order valence-corrected chi connectivity index (χ0v) is 23.8. The van der Waals surface area contributed by atoms with E-state index in [9.17, 15) is 14.4 Å². The van der Waals surface area contributed by atoms with Gasteiger partial charge < -0.3 is 24.8 Å². The van der Waals surface area contributed by atoms with Crippen LogP contribution in [0.2, 0.25) is 0 Å². The molecule has 1 aliphatic heterocycles. The topological polar surface area (TPSA) is 103 Å². The normalized spacial score (nSPS) is 28.0. The molecule has 0 aromatic rings. The third-order valence-electron chi connectivity index (χ3n) is 8.37. The fourth-order valence-corrected chi connectivity index (χ4v) is 5.74. The van der Waals surface area contributed by atoms with Gasteiger partial charge in [-0.1, -0.05) is 59.3 Å². The van der Waals surface area contributed by atoms with Crippen molar-refractivity contribution in [3.05, 3.63) is 0 Å². The van der Waals surface area contributed by atoms with Crippen LogP contribution in [0, 0.1) is 10.8 Å². The molecule has 8 heteroatoms. The van der Waals surface area contributed by atoms with Gasteiger partial charge in [-0.05, 0) is 52.4 Å².